The predicted molar refractivity (Wildman–Crippen MR) is 43.4 cm³/mol. The van der Waals surface area contributed by atoms with Crippen LogP contribution in [0.4, 0.5) is 0 Å². The van der Waals surface area contributed by atoms with Crippen LogP contribution in [0.2, 0.25) is 0 Å². The Morgan fingerprint density at radius 3 is 2.58 bits per heavy atom. The molecule has 0 atom stereocenters. The molecule has 1 heterocycles. The molecule has 2 rings (SSSR count). The first-order valence-corrected chi connectivity index (χ1v) is 3.40. The summed E-state index contributed by atoms with van der Waals surface area (Å²) in [6.45, 7) is 0. The molecule has 12 heavy (non-hydrogen) atoms. The molecule has 3 heteroatoms. The van der Waals surface area contributed by atoms with Gasteiger partial charge >= 0.3 is 0 Å². The van der Waals surface area contributed by atoms with Gasteiger partial charge in [0, 0.05) is 58.5 Å². The molecule has 0 bridgehead atoms. The van der Waals surface area contributed by atoms with E-state index in [2.05, 4.69) is 4.98 Å². The van der Waals surface area contributed by atoms with Crippen molar-refractivity contribution in [2.75, 3.05) is 0 Å². The van der Waals surface area contributed by atoms with E-state index in [1.807, 2.05) is 18.2 Å². The maximum absolute atomic E-state index is 9.31. The molecule has 1 N–H and O–H groups in total. The maximum atomic E-state index is 9.31. The average molecular weight is 318 g/mol. The Labute approximate surface area is 109 Å². The summed E-state index contributed by atoms with van der Waals surface area (Å²) >= 11 is 0. The summed E-state index contributed by atoms with van der Waals surface area (Å²) in [4.78, 5) is 4.03. The van der Waals surface area contributed by atoms with Crippen LogP contribution in [-0.4, -0.2) is 10.1 Å². The molecular formula is C9H7NOYb. The predicted octanol–water partition coefficient (Wildman–Crippen LogP) is 1.94. The minimum absolute atomic E-state index is 0. The maximum Gasteiger partial charge on any atom is 0.141 e. The summed E-state index contributed by atoms with van der Waals surface area (Å²) in [7, 11) is 0. The Morgan fingerprint density at radius 2 is 1.83 bits per heavy atom. The van der Waals surface area contributed by atoms with Gasteiger partial charge in [0.05, 0.1) is 0 Å². The number of nitrogens with zero attached hydrogens (tertiary/aromatic N) is 1. The molecule has 2 aromatic rings. The fraction of sp³-hybridized carbons (Fsp3) is 0. The molecule has 0 radical (unpaired) electrons. The monoisotopic (exact) mass is 319 g/mol. The van der Waals surface area contributed by atoms with E-state index in [0.717, 1.165) is 5.39 Å². The average Bonchev–Trinajstić information content (AvgIpc) is 2.06. The van der Waals surface area contributed by atoms with Crippen LogP contribution in [0.3, 0.4) is 0 Å². The Balaban J connectivity index is 0.000000720. The Bertz CT molecular complexity index is 384. The van der Waals surface area contributed by atoms with Crippen LogP contribution in [0, 0.1) is 46.9 Å². The van der Waals surface area contributed by atoms with Crippen molar-refractivity contribution in [2.45, 2.75) is 0 Å². The van der Waals surface area contributed by atoms with Crippen molar-refractivity contribution in [3.63, 3.8) is 0 Å². The standard InChI is InChI=1S/C9H7NO.Yb/c11-8-5-1-3-7-4-2-6-10-9(7)8;/h1-6,11H;. The van der Waals surface area contributed by atoms with Gasteiger partial charge in [-0.25, -0.2) is 0 Å². The Morgan fingerprint density at radius 1 is 1.08 bits per heavy atom. The molecule has 0 amide bonds. The first-order valence-electron chi connectivity index (χ1n) is 3.40. The fourth-order valence-corrected chi connectivity index (χ4v) is 1.09. The molecule has 0 saturated heterocycles. The first-order chi connectivity index (χ1) is 5.38. The molecule has 68 valence electrons. The largest absolute Gasteiger partial charge is 0.506 e. The zero-order valence-electron chi connectivity index (χ0n) is 6.13. The zero-order valence-corrected chi connectivity index (χ0v) is 7.84. The summed E-state index contributed by atoms with van der Waals surface area (Å²) in [6.07, 6.45) is 1.67. The third-order valence-corrected chi connectivity index (χ3v) is 1.61. The van der Waals surface area contributed by atoms with Crippen LogP contribution in [0.1, 0.15) is 0 Å². The van der Waals surface area contributed by atoms with Gasteiger partial charge in [-0.15, -0.1) is 0 Å². The normalized spacial score (nSPS) is 9.33. The number of hydrogen-bond acceptors (Lipinski definition) is 2. The number of pyridine rings is 1. The molecule has 0 fully saturated rings. The van der Waals surface area contributed by atoms with Gasteiger partial charge in [-0.1, -0.05) is 18.2 Å². The summed E-state index contributed by atoms with van der Waals surface area (Å²) in [5.41, 5.74) is 0.662. The van der Waals surface area contributed by atoms with Crippen LogP contribution < -0.4 is 0 Å². The van der Waals surface area contributed by atoms with Gasteiger partial charge in [0.1, 0.15) is 11.3 Å². The van der Waals surface area contributed by atoms with Gasteiger partial charge in [0.25, 0.3) is 0 Å². The van der Waals surface area contributed by atoms with Crippen molar-refractivity contribution < 1.29 is 52.0 Å². The topological polar surface area (TPSA) is 33.1 Å². The third-order valence-electron chi connectivity index (χ3n) is 1.61. The number of phenolic OH excluding ortho intramolecular Hbond substituents is 1. The smallest absolute Gasteiger partial charge is 0.141 e. The molecule has 0 spiro atoms. The van der Waals surface area contributed by atoms with Crippen molar-refractivity contribution in [3.8, 4) is 5.75 Å². The molecule has 0 saturated carbocycles. The summed E-state index contributed by atoms with van der Waals surface area (Å²) in [5, 5.41) is 10.3. The van der Waals surface area contributed by atoms with E-state index in [1.54, 1.807) is 18.3 Å². The van der Waals surface area contributed by atoms with E-state index in [0.29, 0.717) is 5.52 Å². The molecule has 1 aromatic carbocycles. The summed E-state index contributed by atoms with van der Waals surface area (Å²) in [5.74, 6) is 0.239. The van der Waals surface area contributed by atoms with Crippen LogP contribution >= 0.6 is 0 Å². The minimum atomic E-state index is 0. The van der Waals surface area contributed by atoms with Gasteiger partial charge in [0.2, 0.25) is 0 Å². The number of aromatic nitrogens is 1. The van der Waals surface area contributed by atoms with Crippen molar-refractivity contribution >= 4 is 10.9 Å². The molecule has 1 aromatic heterocycles. The van der Waals surface area contributed by atoms with E-state index in [4.69, 9.17) is 0 Å². The van der Waals surface area contributed by atoms with Gasteiger partial charge in [-0.3, -0.25) is 4.98 Å². The van der Waals surface area contributed by atoms with Crippen LogP contribution in [-0.2, 0) is 0 Å². The molecular weight excluding hydrogens is 311 g/mol. The van der Waals surface area contributed by atoms with Crippen LogP contribution in [0.15, 0.2) is 36.5 Å². The minimum Gasteiger partial charge on any atom is -0.506 e. The van der Waals surface area contributed by atoms with Gasteiger partial charge < -0.3 is 5.11 Å². The number of para-hydroxylation sites is 1. The van der Waals surface area contributed by atoms with Crippen LogP contribution in [0.5, 0.6) is 5.75 Å². The second-order valence-corrected chi connectivity index (χ2v) is 2.35. The Hall–Kier alpha value is -0.0505. The van der Waals surface area contributed by atoms with E-state index in [9.17, 15) is 5.11 Å². The number of benzene rings is 1. The number of phenols is 1. The quantitative estimate of drug-likeness (QED) is 0.805. The van der Waals surface area contributed by atoms with E-state index in [-0.39, 0.29) is 52.7 Å². The van der Waals surface area contributed by atoms with Crippen molar-refractivity contribution in [3.05, 3.63) is 36.5 Å². The number of hydrogen-bond donors (Lipinski definition) is 1. The van der Waals surface area contributed by atoms with E-state index >= 15 is 0 Å². The molecule has 0 aliphatic carbocycles. The second-order valence-electron chi connectivity index (χ2n) is 2.35. The zero-order chi connectivity index (χ0) is 7.68. The summed E-state index contributed by atoms with van der Waals surface area (Å²) < 4.78 is 0. The molecule has 0 unspecified atom stereocenters. The molecule has 2 nitrogen and oxygen atoms in total. The SMILES string of the molecule is Oc1cccc2cccnc12.[Yb]. The van der Waals surface area contributed by atoms with E-state index in [1.165, 1.54) is 0 Å². The second kappa shape index (κ2) is 4.26. The van der Waals surface area contributed by atoms with Crippen molar-refractivity contribution in [1.82, 2.24) is 4.98 Å². The number of rotatable bonds is 0. The molecule has 0 aliphatic rings. The number of fused-ring (bicyclic) bond motifs is 1. The van der Waals surface area contributed by atoms with E-state index < -0.39 is 0 Å². The summed E-state index contributed by atoms with van der Waals surface area (Å²) in [6, 6.07) is 9.13. The van der Waals surface area contributed by atoms with Gasteiger partial charge in [0.15, 0.2) is 0 Å². The third kappa shape index (κ3) is 1.82. The fourth-order valence-electron chi connectivity index (χ4n) is 1.09. The van der Waals surface area contributed by atoms with Crippen molar-refractivity contribution in [1.29, 1.82) is 0 Å². The van der Waals surface area contributed by atoms with Crippen LogP contribution in [0.25, 0.3) is 10.9 Å². The first kappa shape index (κ1) is 10.0. The molecule has 0 aliphatic heterocycles. The van der Waals surface area contributed by atoms with Gasteiger partial charge in [-0.05, 0) is 12.1 Å². The Kier molecular flexibility index (Phi) is 3.56. The number of aromatic hydroxyl groups is 1. The van der Waals surface area contributed by atoms with Gasteiger partial charge in [-0.2, -0.15) is 0 Å². The van der Waals surface area contributed by atoms with Crippen molar-refractivity contribution in [2.24, 2.45) is 0 Å².